The summed E-state index contributed by atoms with van der Waals surface area (Å²) >= 11 is 0. The Hall–Kier alpha value is -1.65. The Morgan fingerprint density at radius 3 is 2.72 bits per heavy atom. The molecule has 1 fully saturated rings. The molecule has 0 unspecified atom stereocenters. The highest BCUT2D eigenvalue weighted by molar-refractivity contribution is 5.16. The van der Waals surface area contributed by atoms with Gasteiger partial charge >= 0.3 is 0 Å². The molecule has 25 heavy (non-hydrogen) atoms. The van der Waals surface area contributed by atoms with Crippen molar-refractivity contribution in [2.24, 2.45) is 5.41 Å². The van der Waals surface area contributed by atoms with Crippen LogP contribution in [0.5, 0.6) is 0 Å². The molecule has 1 aromatic heterocycles. The maximum atomic E-state index is 10.2. The van der Waals surface area contributed by atoms with E-state index in [-0.39, 0.29) is 12.0 Å². The second-order valence-corrected chi connectivity index (χ2v) is 7.55. The number of piperidine rings is 1. The van der Waals surface area contributed by atoms with Crippen molar-refractivity contribution >= 4 is 0 Å². The highest BCUT2D eigenvalue weighted by atomic mass is 16.3. The highest BCUT2D eigenvalue weighted by Crippen LogP contribution is 2.35. The van der Waals surface area contributed by atoms with Gasteiger partial charge in [-0.05, 0) is 51.6 Å². The van der Waals surface area contributed by atoms with E-state index in [9.17, 15) is 5.11 Å². The molecular formula is C21H31N3O. The zero-order valence-electron chi connectivity index (χ0n) is 15.6. The lowest BCUT2D eigenvalue weighted by Gasteiger charge is -2.42. The van der Waals surface area contributed by atoms with Gasteiger partial charge in [0.15, 0.2) is 0 Å². The van der Waals surface area contributed by atoms with Crippen molar-refractivity contribution in [2.45, 2.75) is 52.6 Å². The maximum Gasteiger partial charge on any atom is 0.0638 e. The number of benzene rings is 1. The standard InChI is InChI=1S/C21H31N3O/c1-3-24-15-20(18(2)22-24)14-23-13-7-11-21(16-23,17-25)12-10-19-8-5-4-6-9-19/h4-6,8-9,15,25H,3,7,10-14,16-17H2,1-2H3/t21-/m0/s1. The average molecular weight is 341 g/mol. The third kappa shape index (κ3) is 4.50. The van der Waals surface area contributed by atoms with E-state index >= 15 is 0 Å². The topological polar surface area (TPSA) is 41.3 Å². The number of hydrogen-bond acceptors (Lipinski definition) is 3. The van der Waals surface area contributed by atoms with Crippen LogP contribution in [0.4, 0.5) is 0 Å². The first kappa shape index (κ1) is 18.2. The van der Waals surface area contributed by atoms with Crippen molar-refractivity contribution in [3.63, 3.8) is 0 Å². The van der Waals surface area contributed by atoms with Crippen LogP contribution in [0.15, 0.2) is 36.5 Å². The number of aliphatic hydroxyl groups excluding tert-OH is 1. The molecule has 136 valence electrons. The van der Waals surface area contributed by atoms with E-state index in [1.807, 2.05) is 4.68 Å². The number of nitrogens with zero attached hydrogens (tertiary/aromatic N) is 3. The summed E-state index contributed by atoms with van der Waals surface area (Å²) in [6.07, 6.45) is 6.56. The van der Waals surface area contributed by atoms with Gasteiger partial charge in [0.25, 0.3) is 0 Å². The fourth-order valence-electron chi connectivity index (χ4n) is 4.03. The number of hydrogen-bond donors (Lipinski definition) is 1. The van der Waals surface area contributed by atoms with Crippen LogP contribution in [-0.4, -0.2) is 39.5 Å². The van der Waals surface area contributed by atoms with Crippen LogP contribution in [0.3, 0.4) is 0 Å². The first-order valence-electron chi connectivity index (χ1n) is 9.54. The van der Waals surface area contributed by atoms with Gasteiger partial charge in [0, 0.05) is 43.4 Å². The SMILES string of the molecule is CCn1cc(CN2CCC[C@](CO)(CCc3ccccc3)C2)c(C)n1. The van der Waals surface area contributed by atoms with E-state index in [4.69, 9.17) is 0 Å². The summed E-state index contributed by atoms with van der Waals surface area (Å²) in [5.74, 6) is 0. The lowest BCUT2D eigenvalue weighted by Crippen LogP contribution is -2.45. The second-order valence-electron chi connectivity index (χ2n) is 7.55. The van der Waals surface area contributed by atoms with E-state index in [1.165, 1.54) is 11.1 Å². The molecule has 2 aromatic rings. The van der Waals surface area contributed by atoms with Crippen LogP contribution in [0.1, 0.15) is 43.0 Å². The molecule has 1 aliphatic heterocycles. The van der Waals surface area contributed by atoms with Gasteiger partial charge in [0.05, 0.1) is 5.69 Å². The molecule has 4 heteroatoms. The summed E-state index contributed by atoms with van der Waals surface area (Å²) in [6, 6.07) is 10.6. The minimum atomic E-state index is 0.0305. The molecule has 2 heterocycles. The Bertz CT molecular complexity index is 667. The zero-order valence-corrected chi connectivity index (χ0v) is 15.6. The number of rotatable bonds is 7. The van der Waals surface area contributed by atoms with Crippen molar-refractivity contribution in [2.75, 3.05) is 19.7 Å². The maximum absolute atomic E-state index is 10.2. The number of aryl methyl sites for hydroxylation is 3. The lowest BCUT2D eigenvalue weighted by atomic mass is 9.76. The van der Waals surface area contributed by atoms with Gasteiger partial charge in [0.2, 0.25) is 0 Å². The number of aromatic nitrogens is 2. The zero-order chi connectivity index (χ0) is 17.7. The summed E-state index contributed by atoms with van der Waals surface area (Å²) in [5, 5.41) is 14.7. The molecule has 1 aliphatic rings. The van der Waals surface area contributed by atoms with Gasteiger partial charge in [-0.15, -0.1) is 0 Å². The van der Waals surface area contributed by atoms with Crippen LogP contribution in [0.2, 0.25) is 0 Å². The fraction of sp³-hybridized carbons (Fsp3) is 0.571. The number of likely N-dealkylation sites (tertiary alicyclic amines) is 1. The van der Waals surface area contributed by atoms with Gasteiger partial charge in [0.1, 0.15) is 0 Å². The van der Waals surface area contributed by atoms with E-state index in [1.54, 1.807) is 0 Å². The summed E-state index contributed by atoms with van der Waals surface area (Å²) in [4.78, 5) is 2.51. The third-order valence-electron chi connectivity index (χ3n) is 5.63. The van der Waals surface area contributed by atoms with Crippen molar-refractivity contribution in [3.8, 4) is 0 Å². The molecule has 0 spiro atoms. The molecule has 1 atom stereocenters. The third-order valence-corrected chi connectivity index (χ3v) is 5.63. The van der Waals surface area contributed by atoms with Crippen molar-refractivity contribution in [3.05, 3.63) is 53.3 Å². The van der Waals surface area contributed by atoms with Gasteiger partial charge in [-0.1, -0.05) is 30.3 Å². The molecule has 3 rings (SSSR count). The predicted octanol–water partition coefficient (Wildman–Crippen LogP) is 3.42. The minimum Gasteiger partial charge on any atom is -0.396 e. The Balaban J connectivity index is 1.64. The molecule has 0 radical (unpaired) electrons. The summed E-state index contributed by atoms with van der Waals surface area (Å²) in [7, 11) is 0. The molecule has 0 amide bonds. The van der Waals surface area contributed by atoms with Crippen molar-refractivity contribution < 1.29 is 5.11 Å². The van der Waals surface area contributed by atoms with Gasteiger partial charge in [-0.3, -0.25) is 9.58 Å². The quantitative estimate of drug-likeness (QED) is 0.839. The predicted molar refractivity (Wildman–Crippen MR) is 101 cm³/mol. The van der Waals surface area contributed by atoms with E-state index in [2.05, 4.69) is 60.4 Å². The first-order valence-corrected chi connectivity index (χ1v) is 9.54. The Kier molecular flexibility index (Phi) is 5.92. The molecule has 0 aliphatic carbocycles. The van der Waals surface area contributed by atoms with Gasteiger partial charge in [-0.25, -0.2) is 0 Å². The van der Waals surface area contributed by atoms with Crippen molar-refractivity contribution in [1.82, 2.24) is 14.7 Å². The van der Waals surface area contributed by atoms with Crippen LogP contribution >= 0.6 is 0 Å². The Morgan fingerprint density at radius 2 is 2.04 bits per heavy atom. The summed E-state index contributed by atoms with van der Waals surface area (Å²) in [6.45, 7) is 8.45. The smallest absolute Gasteiger partial charge is 0.0638 e. The van der Waals surface area contributed by atoms with Crippen LogP contribution < -0.4 is 0 Å². The van der Waals surface area contributed by atoms with Crippen molar-refractivity contribution in [1.29, 1.82) is 0 Å². The Labute approximate surface area is 151 Å². The van der Waals surface area contributed by atoms with Crippen LogP contribution in [0, 0.1) is 12.3 Å². The molecule has 1 N–H and O–H groups in total. The monoisotopic (exact) mass is 341 g/mol. The van der Waals surface area contributed by atoms with E-state index in [0.29, 0.717) is 0 Å². The second kappa shape index (κ2) is 8.15. The van der Waals surface area contributed by atoms with Gasteiger partial charge in [-0.2, -0.15) is 5.10 Å². The summed E-state index contributed by atoms with van der Waals surface area (Å²) < 4.78 is 2.02. The number of aliphatic hydroxyl groups is 1. The molecule has 0 bridgehead atoms. The lowest BCUT2D eigenvalue weighted by molar-refractivity contribution is 0.0223. The average Bonchev–Trinajstić information content (AvgIpc) is 3.01. The van der Waals surface area contributed by atoms with Crippen LogP contribution in [-0.2, 0) is 19.5 Å². The first-order chi connectivity index (χ1) is 12.1. The molecule has 1 aromatic carbocycles. The molecule has 0 saturated carbocycles. The fourth-order valence-corrected chi connectivity index (χ4v) is 4.03. The highest BCUT2D eigenvalue weighted by Gasteiger charge is 2.34. The molecule has 4 nitrogen and oxygen atoms in total. The largest absolute Gasteiger partial charge is 0.396 e. The normalized spacial score (nSPS) is 21.6. The Morgan fingerprint density at radius 1 is 1.24 bits per heavy atom. The molecular weight excluding hydrogens is 310 g/mol. The minimum absolute atomic E-state index is 0.0305. The summed E-state index contributed by atoms with van der Waals surface area (Å²) in [5.41, 5.74) is 3.85. The van der Waals surface area contributed by atoms with Crippen LogP contribution in [0.25, 0.3) is 0 Å². The van der Waals surface area contributed by atoms with E-state index < -0.39 is 0 Å². The van der Waals surface area contributed by atoms with E-state index in [0.717, 1.165) is 57.6 Å². The molecule has 1 saturated heterocycles. The van der Waals surface area contributed by atoms with Gasteiger partial charge < -0.3 is 5.11 Å².